The molecule has 0 bridgehead atoms. The van der Waals surface area contributed by atoms with Crippen molar-refractivity contribution in [1.82, 2.24) is 0 Å². The molecule has 28 heavy (non-hydrogen) atoms. The normalized spacial score (nSPS) is 20.6. The number of fused-ring (bicyclic) bond motifs is 3. The van der Waals surface area contributed by atoms with Crippen LogP contribution in [0.3, 0.4) is 0 Å². The van der Waals surface area contributed by atoms with Gasteiger partial charge in [0.05, 0.1) is 16.5 Å². The number of hydrogen-bond acceptors (Lipinski definition) is 2. The molecule has 1 aliphatic heterocycles. The van der Waals surface area contributed by atoms with Gasteiger partial charge in [0.15, 0.2) is 0 Å². The molecule has 1 saturated heterocycles. The van der Waals surface area contributed by atoms with Crippen LogP contribution in [0, 0.1) is 0 Å². The van der Waals surface area contributed by atoms with E-state index >= 15 is 0 Å². The summed E-state index contributed by atoms with van der Waals surface area (Å²) in [5.41, 5.74) is 5.43. The molecule has 3 heteroatoms. The summed E-state index contributed by atoms with van der Waals surface area (Å²) in [5.74, 6) is 0. The van der Waals surface area contributed by atoms with Crippen LogP contribution in [0.4, 0.5) is 0 Å². The van der Waals surface area contributed by atoms with Gasteiger partial charge in [-0.3, -0.25) is 0 Å². The van der Waals surface area contributed by atoms with Crippen LogP contribution < -0.4 is 0 Å². The smallest absolute Gasteiger partial charge is 0.402 e. The van der Waals surface area contributed by atoms with Crippen LogP contribution in [-0.4, -0.2) is 18.3 Å². The Hall–Kier alpha value is -2.36. The number of hydrogen-bond donors (Lipinski definition) is 0. The summed E-state index contributed by atoms with van der Waals surface area (Å²) in [6, 6.07) is 28.0. The standard InChI is InChI=1S/C25H25BO2/c1-23(2)24(3,4)28-26(27-23)25(18-12-6-5-7-13-18)21-16-10-8-14-19(21)20-15-9-11-17-22(20)25/h5-17H,1-4H3. The Morgan fingerprint density at radius 3 is 1.50 bits per heavy atom. The summed E-state index contributed by atoms with van der Waals surface area (Å²) in [5, 5.41) is -0.501. The lowest BCUT2D eigenvalue weighted by Crippen LogP contribution is -2.46. The highest BCUT2D eigenvalue weighted by Gasteiger charge is 2.63. The fraction of sp³-hybridized carbons (Fsp3) is 0.280. The van der Waals surface area contributed by atoms with Crippen molar-refractivity contribution in [2.45, 2.75) is 44.2 Å². The summed E-state index contributed by atoms with van der Waals surface area (Å²) in [4.78, 5) is 0. The van der Waals surface area contributed by atoms with Gasteiger partial charge in [0.25, 0.3) is 0 Å². The van der Waals surface area contributed by atoms with E-state index in [-0.39, 0.29) is 0 Å². The van der Waals surface area contributed by atoms with Crippen molar-refractivity contribution in [3.8, 4) is 11.1 Å². The van der Waals surface area contributed by atoms with E-state index in [1.165, 1.54) is 27.8 Å². The van der Waals surface area contributed by atoms with E-state index < -0.39 is 23.6 Å². The SMILES string of the molecule is CC1(C)OB(C2(c3ccccc3)c3ccccc3-c3ccccc32)OC1(C)C. The van der Waals surface area contributed by atoms with Crippen LogP contribution in [0.1, 0.15) is 44.4 Å². The Morgan fingerprint density at radius 1 is 0.571 bits per heavy atom. The topological polar surface area (TPSA) is 18.5 Å². The average Bonchev–Trinajstić information content (AvgIpc) is 3.11. The molecule has 0 saturated carbocycles. The predicted molar refractivity (Wildman–Crippen MR) is 114 cm³/mol. The van der Waals surface area contributed by atoms with Gasteiger partial charge in [-0.05, 0) is 55.5 Å². The molecular weight excluding hydrogens is 343 g/mol. The molecule has 0 aromatic heterocycles. The third-order valence-corrected chi connectivity index (χ3v) is 6.83. The fourth-order valence-corrected chi connectivity index (χ4v) is 4.69. The highest BCUT2D eigenvalue weighted by Crippen LogP contribution is 2.57. The van der Waals surface area contributed by atoms with Crippen molar-refractivity contribution < 1.29 is 9.31 Å². The molecule has 3 aromatic carbocycles. The molecule has 0 atom stereocenters. The molecule has 0 spiro atoms. The summed E-state index contributed by atoms with van der Waals surface area (Å²) < 4.78 is 13.4. The van der Waals surface area contributed by atoms with E-state index in [9.17, 15) is 0 Å². The van der Waals surface area contributed by atoms with E-state index in [4.69, 9.17) is 9.31 Å². The second-order valence-electron chi connectivity index (χ2n) is 8.85. The zero-order valence-corrected chi connectivity index (χ0v) is 16.9. The molecule has 0 N–H and O–H groups in total. The molecule has 140 valence electrons. The minimum absolute atomic E-state index is 0.397. The van der Waals surface area contributed by atoms with Gasteiger partial charge in [-0.15, -0.1) is 0 Å². The first kappa shape index (κ1) is 17.7. The second-order valence-corrected chi connectivity index (χ2v) is 8.85. The lowest BCUT2D eigenvalue weighted by atomic mass is 9.49. The molecule has 1 heterocycles. The minimum atomic E-state index is -0.501. The van der Waals surface area contributed by atoms with Gasteiger partial charge in [0.2, 0.25) is 0 Å². The van der Waals surface area contributed by atoms with E-state index in [1.807, 2.05) is 0 Å². The monoisotopic (exact) mass is 368 g/mol. The molecule has 2 nitrogen and oxygen atoms in total. The van der Waals surface area contributed by atoms with Crippen molar-refractivity contribution in [2.24, 2.45) is 0 Å². The van der Waals surface area contributed by atoms with Gasteiger partial charge in [0, 0.05) is 0 Å². The predicted octanol–water partition coefficient (Wildman–Crippen LogP) is 5.63. The minimum Gasteiger partial charge on any atom is -0.402 e. The molecule has 0 radical (unpaired) electrons. The summed E-state index contributed by atoms with van der Waals surface area (Å²) >= 11 is 0. The first-order valence-electron chi connectivity index (χ1n) is 9.98. The van der Waals surface area contributed by atoms with E-state index in [0.29, 0.717) is 0 Å². The van der Waals surface area contributed by atoms with E-state index in [1.54, 1.807) is 0 Å². The van der Waals surface area contributed by atoms with E-state index in [0.717, 1.165) is 0 Å². The fourth-order valence-electron chi connectivity index (χ4n) is 4.69. The Labute approximate surface area is 167 Å². The van der Waals surface area contributed by atoms with Gasteiger partial charge < -0.3 is 9.31 Å². The van der Waals surface area contributed by atoms with Gasteiger partial charge in [0.1, 0.15) is 0 Å². The molecule has 1 aliphatic carbocycles. The highest BCUT2D eigenvalue weighted by atomic mass is 16.7. The van der Waals surface area contributed by atoms with Gasteiger partial charge >= 0.3 is 7.12 Å². The molecule has 0 amide bonds. The van der Waals surface area contributed by atoms with Crippen LogP contribution in [0.2, 0.25) is 0 Å². The van der Waals surface area contributed by atoms with Gasteiger partial charge in [-0.25, -0.2) is 0 Å². The van der Waals surface area contributed by atoms with Crippen LogP contribution in [0.25, 0.3) is 11.1 Å². The molecule has 1 fully saturated rings. The summed E-state index contributed by atoms with van der Waals surface area (Å²) in [6.07, 6.45) is 0. The first-order chi connectivity index (χ1) is 13.4. The van der Waals surface area contributed by atoms with Crippen LogP contribution in [0.15, 0.2) is 78.9 Å². The quantitative estimate of drug-likeness (QED) is 0.546. The van der Waals surface area contributed by atoms with Crippen molar-refractivity contribution >= 4 is 7.12 Å². The average molecular weight is 368 g/mol. The molecule has 0 unspecified atom stereocenters. The maximum atomic E-state index is 6.70. The van der Waals surface area contributed by atoms with Gasteiger partial charge in [-0.2, -0.15) is 0 Å². The van der Waals surface area contributed by atoms with Gasteiger partial charge in [-0.1, -0.05) is 78.9 Å². The van der Waals surface area contributed by atoms with Crippen LogP contribution in [0.5, 0.6) is 0 Å². The summed E-state index contributed by atoms with van der Waals surface area (Å²) in [7, 11) is -0.412. The van der Waals surface area contributed by atoms with Crippen molar-refractivity contribution in [2.75, 3.05) is 0 Å². The highest BCUT2D eigenvalue weighted by molar-refractivity contribution is 6.53. The first-order valence-corrected chi connectivity index (χ1v) is 9.98. The molecular formula is C25H25BO2. The third-order valence-electron chi connectivity index (χ3n) is 6.83. The van der Waals surface area contributed by atoms with Crippen molar-refractivity contribution in [3.05, 3.63) is 95.6 Å². The van der Waals surface area contributed by atoms with E-state index in [2.05, 4.69) is 107 Å². The lowest BCUT2D eigenvalue weighted by molar-refractivity contribution is 0.00578. The van der Waals surface area contributed by atoms with Crippen molar-refractivity contribution in [1.29, 1.82) is 0 Å². The lowest BCUT2D eigenvalue weighted by Gasteiger charge is -2.34. The maximum absolute atomic E-state index is 6.70. The largest absolute Gasteiger partial charge is 0.478 e. The zero-order valence-electron chi connectivity index (χ0n) is 16.9. The Kier molecular flexibility index (Phi) is 3.69. The molecule has 3 aromatic rings. The maximum Gasteiger partial charge on any atom is 0.478 e. The number of benzene rings is 3. The third kappa shape index (κ3) is 2.18. The Bertz CT molecular complexity index is 978. The van der Waals surface area contributed by atoms with Crippen molar-refractivity contribution in [3.63, 3.8) is 0 Å². The Morgan fingerprint density at radius 2 is 1.00 bits per heavy atom. The zero-order chi connectivity index (χ0) is 19.6. The summed E-state index contributed by atoms with van der Waals surface area (Å²) in [6.45, 7) is 8.49. The molecule has 2 aliphatic rings. The van der Waals surface area contributed by atoms with Crippen LogP contribution in [-0.2, 0) is 14.6 Å². The Balaban J connectivity index is 1.86. The van der Waals surface area contributed by atoms with Crippen LogP contribution >= 0.6 is 0 Å². The second kappa shape index (κ2) is 5.82. The number of rotatable bonds is 2. The molecule has 5 rings (SSSR count).